The van der Waals surface area contributed by atoms with E-state index in [-0.39, 0.29) is 43.7 Å². The average molecular weight is 804 g/mol. The van der Waals surface area contributed by atoms with Crippen LogP contribution in [0.3, 0.4) is 0 Å². The van der Waals surface area contributed by atoms with Crippen LogP contribution in [0.4, 0.5) is 9.59 Å². The number of benzene rings is 2. The lowest BCUT2D eigenvalue weighted by molar-refractivity contribution is -0.148. The summed E-state index contributed by atoms with van der Waals surface area (Å²) in [5, 5.41) is 18.1. The number of hydrogen-bond donors (Lipinski definition) is 4. The van der Waals surface area contributed by atoms with Gasteiger partial charge in [-0.3, -0.25) is 14.4 Å². The number of carboxylic acid groups (broad SMARTS) is 1. The molecule has 5 amide bonds. The summed E-state index contributed by atoms with van der Waals surface area (Å²) < 4.78 is 10.7. The smallest absolute Gasteiger partial charge is 0.408 e. The summed E-state index contributed by atoms with van der Waals surface area (Å²) in [5.41, 5.74) is 1.10. The Morgan fingerprint density at radius 3 is 2.07 bits per heavy atom. The molecule has 2 fully saturated rings. The Kier molecular flexibility index (Phi) is 17.1. The molecule has 14 heteroatoms. The van der Waals surface area contributed by atoms with Gasteiger partial charge in [-0.2, -0.15) is 0 Å². The monoisotopic (exact) mass is 803 g/mol. The first-order valence-electron chi connectivity index (χ1n) is 20.4. The van der Waals surface area contributed by atoms with Gasteiger partial charge in [0.1, 0.15) is 30.3 Å². The molecule has 0 saturated carbocycles. The van der Waals surface area contributed by atoms with Crippen LogP contribution in [0.5, 0.6) is 0 Å². The van der Waals surface area contributed by atoms with Crippen molar-refractivity contribution in [1.82, 2.24) is 25.8 Å². The van der Waals surface area contributed by atoms with Crippen LogP contribution in [0.1, 0.15) is 90.7 Å². The van der Waals surface area contributed by atoms with Crippen molar-refractivity contribution in [2.75, 3.05) is 19.6 Å². The number of carbonyl (C=O) groups excluding carboxylic acids is 5. The molecule has 14 nitrogen and oxygen atoms in total. The average Bonchev–Trinajstić information content (AvgIpc) is 3.87. The highest BCUT2D eigenvalue weighted by Crippen LogP contribution is 2.28. The van der Waals surface area contributed by atoms with Crippen LogP contribution >= 0.6 is 0 Å². The molecule has 2 aromatic rings. The number of carbonyl (C=O) groups is 6. The van der Waals surface area contributed by atoms with Crippen LogP contribution in [0.2, 0.25) is 0 Å². The summed E-state index contributed by atoms with van der Waals surface area (Å²) in [6, 6.07) is 15.5. The first-order valence-corrected chi connectivity index (χ1v) is 20.4. The highest BCUT2D eigenvalue weighted by molar-refractivity contribution is 5.94. The second-order valence-corrected chi connectivity index (χ2v) is 16.5. The summed E-state index contributed by atoms with van der Waals surface area (Å²) in [6.07, 6.45) is 5.75. The number of rotatable bonds is 18. The summed E-state index contributed by atoms with van der Waals surface area (Å²) in [6.45, 7) is 10.4. The Labute approximate surface area is 342 Å². The van der Waals surface area contributed by atoms with Gasteiger partial charge in [-0.05, 0) is 89.2 Å². The van der Waals surface area contributed by atoms with E-state index in [0.717, 1.165) is 11.1 Å². The van der Waals surface area contributed by atoms with Gasteiger partial charge in [0, 0.05) is 19.6 Å². The van der Waals surface area contributed by atoms with Gasteiger partial charge >= 0.3 is 18.2 Å². The fourth-order valence-corrected chi connectivity index (χ4v) is 7.32. The zero-order valence-corrected chi connectivity index (χ0v) is 34.5. The quantitative estimate of drug-likeness (QED) is 0.110. The maximum absolute atomic E-state index is 14.4. The third-order valence-electron chi connectivity index (χ3n) is 10.0. The van der Waals surface area contributed by atoms with Crippen LogP contribution in [-0.2, 0) is 41.7 Å². The van der Waals surface area contributed by atoms with E-state index in [0.29, 0.717) is 51.6 Å². The molecule has 58 heavy (non-hydrogen) atoms. The van der Waals surface area contributed by atoms with Crippen LogP contribution in [0, 0.1) is 11.8 Å². The van der Waals surface area contributed by atoms with Crippen LogP contribution in [0.15, 0.2) is 72.8 Å². The van der Waals surface area contributed by atoms with Crippen molar-refractivity contribution in [3.8, 4) is 0 Å². The van der Waals surface area contributed by atoms with E-state index in [2.05, 4.69) is 16.0 Å². The van der Waals surface area contributed by atoms with Gasteiger partial charge < -0.3 is 40.3 Å². The Balaban J connectivity index is 1.40. The molecule has 316 valence electrons. The number of nitrogens with one attached hydrogen (secondary N) is 3. The molecule has 0 aliphatic carbocycles. The molecule has 0 radical (unpaired) electrons. The number of hydrogen-bond acceptors (Lipinski definition) is 8. The number of carboxylic acids is 1. The van der Waals surface area contributed by atoms with Crippen molar-refractivity contribution in [2.24, 2.45) is 11.8 Å². The molecular weight excluding hydrogens is 743 g/mol. The minimum Gasteiger partial charge on any atom is -0.480 e. The second-order valence-electron chi connectivity index (χ2n) is 16.5. The van der Waals surface area contributed by atoms with E-state index in [1.807, 2.05) is 86.7 Å². The van der Waals surface area contributed by atoms with E-state index in [1.54, 1.807) is 25.7 Å². The van der Waals surface area contributed by atoms with Crippen molar-refractivity contribution in [2.45, 2.75) is 122 Å². The summed E-state index contributed by atoms with van der Waals surface area (Å²) in [5.74, 6) is -2.75. The predicted octanol–water partition coefficient (Wildman–Crippen LogP) is 5.60. The number of likely N-dealkylation sites (tertiary alicyclic amines) is 2. The lowest BCUT2D eigenvalue weighted by atomic mass is 9.94. The SMILES string of the molecule is CC(C)CC(/C=C/C(Cc1ccccc1)C(=O)N1CCC[C@H]1C(=O)N1CCC[C@H]1C(=O)NC(CCCNC(=O)OCc1ccccc1)C(=O)O)NC(=O)OC(C)(C)C. The van der Waals surface area contributed by atoms with Gasteiger partial charge in [0.05, 0.1) is 12.0 Å². The van der Waals surface area contributed by atoms with Crippen molar-refractivity contribution in [3.05, 3.63) is 83.9 Å². The Morgan fingerprint density at radius 2 is 1.45 bits per heavy atom. The molecule has 5 atom stereocenters. The minimum absolute atomic E-state index is 0.0489. The second kappa shape index (κ2) is 21.9. The molecule has 2 aliphatic heterocycles. The summed E-state index contributed by atoms with van der Waals surface area (Å²) in [7, 11) is 0. The van der Waals surface area contributed by atoms with Crippen LogP contribution in [0.25, 0.3) is 0 Å². The van der Waals surface area contributed by atoms with Gasteiger partial charge in [-0.25, -0.2) is 14.4 Å². The third-order valence-corrected chi connectivity index (χ3v) is 10.0. The topological polar surface area (TPSA) is 184 Å². The molecule has 4 N–H and O–H groups in total. The molecule has 2 aliphatic rings. The molecule has 0 bridgehead atoms. The zero-order valence-electron chi connectivity index (χ0n) is 34.5. The van der Waals surface area contributed by atoms with E-state index < -0.39 is 59.7 Å². The predicted molar refractivity (Wildman–Crippen MR) is 218 cm³/mol. The van der Waals surface area contributed by atoms with Crippen molar-refractivity contribution < 1.29 is 43.3 Å². The highest BCUT2D eigenvalue weighted by Gasteiger charge is 2.43. The van der Waals surface area contributed by atoms with Gasteiger partial charge in [0.25, 0.3) is 0 Å². The maximum Gasteiger partial charge on any atom is 0.408 e. The van der Waals surface area contributed by atoms with Crippen LogP contribution in [-0.4, -0.2) is 100 Å². The molecule has 2 aromatic carbocycles. The first-order chi connectivity index (χ1) is 27.6. The molecule has 3 unspecified atom stereocenters. The first kappa shape index (κ1) is 45.3. The van der Waals surface area contributed by atoms with Crippen LogP contribution < -0.4 is 16.0 Å². The van der Waals surface area contributed by atoms with Crippen molar-refractivity contribution in [1.29, 1.82) is 0 Å². The Hall–Kier alpha value is -5.40. The third kappa shape index (κ3) is 14.5. The van der Waals surface area contributed by atoms with E-state index in [1.165, 1.54) is 4.90 Å². The summed E-state index contributed by atoms with van der Waals surface area (Å²) in [4.78, 5) is 82.3. The van der Waals surface area contributed by atoms with E-state index in [9.17, 15) is 33.9 Å². The lowest BCUT2D eigenvalue weighted by Crippen LogP contribution is -2.55. The van der Waals surface area contributed by atoms with E-state index in [4.69, 9.17) is 9.47 Å². The number of amides is 5. The van der Waals surface area contributed by atoms with E-state index >= 15 is 0 Å². The molecule has 0 spiro atoms. The number of ether oxygens (including phenoxy) is 2. The van der Waals surface area contributed by atoms with Gasteiger partial charge in [-0.1, -0.05) is 86.7 Å². The molecule has 0 aromatic heterocycles. The van der Waals surface area contributed by atoms with Crippen molar-refractivity contribution >= 4 is 35.9 Å². The van der Waals surface area contributed by atoms with Gasteiger partial charge in [0.2, 0.25) is 17.7 Å². The fraction of sp³-hybridized carbons (Fsp3) is 0.545. The Morgan fingerprint density at radius 1 is 0.828 bits per heavy atom. The molecular formula is C44H61N5O9. The standard InChI is InChI=1S/C44H61N5O9/c1-30(2)27-34(46-43(56)58-44(3,4)5)23-22-33(28-31-15-8-6-9-16-31)39(51)49-26-14-21-37(49)40(52)48-25-13-20-36(48)38(50)47-35(41(53)54)19-12-24-45-42(55)57-29-32-17-10-7-11-18-32/h6-11,15-18,22-23,30,33-37H,12-14,19-21,24-29H2,1-5H3,(H,45,55)(H,46,56)(H,47,50)(H,53,54)/b23-22+/t33?,34?,35?,36-,37-/m0/s1. The molecule has 2 saturated heterocycles. The fourth-order valence-electron chi connectivity index (χ4n) is 7.32. The molecule has 2 heterocycles. The largest absolute Gasteiger partial charge is 0.480 e. The highest BCUT2D eigenvalue weighted by atomic mass is 16.6. The Bertz CT molecular complexity index is 1710. The number of nitrogens with zero attached hydrogens (tertiary/aromatic N) is 2. The maximum atomic E-state index is 14.4. The molecule has 4 rings (SSSR count). The number of aliphatic carboxylic acids is 1. The van der Waals surface area contributed by atoms with Crippen molar-refractivity contribution in [3.63, 3.8) is 0 Å². The summed E-state index contributed by atoms with van der Waals surface area (Å²) >= 11 is 0. The minimum atomic E-state index is -1.23. The number of alkyl carbamates (subject to hydrolysis) is 2. The normalized spacial score (nSPS) is 18.4. The zero-order chi connectivity index (χ0) is 42.2. The lowest BCUT2D eigenvalue weighted by Gasteiger charge is -2.33. The van der Waals surface area contributed by atoms with Gasteiger partial charge in [-0.15, -0.1) is 0 Å². The van der Waals surface area contributed by atoms with Gasteiger partial charge in [0.15, 0.2) is 0 Å².